The Bertz CT molecular complexity index is 1070. The maximum absolute atomic E-state index is 13.7. The molecule has 3 aliphatic rings. The van der Waals surface area contributed by atoms with Crippen LogP contribution in [0.5, 0.6) is 0 Å². The molecule has 0 bridgehead atoms. The molecule has 0 aliphatic carbocycles. The molecule has 5 nitrogen and oxygen atoms in total. The van der Waals surface area contributed by atoms with Gasteiger partial charge in [0.25, 0.3) is 0 Å². The van der Waals surface area contributed by atoms with Gasteiger partial charge in [-0.05, 0) is 43.4 Å². The van der Waals surface area contributed by atoms with Crippen LogP contribution < -0.4 is 4.90 Å². The van der Waals surface area contributed by atoms with E-state index in [1.807, 2.05) is 61.4 Å². The normalized spacial score (nSPS) is 28.2. The minimum atomic E-state index is -0.672. The van der Waals surface area contributed by atoms with Crippen molar-refractivity contribution in [3.05, 3.63) is 58.3 Å². The minimum Gasteiger partial charge on any atom is -0.352 e. The van der Waals surface area contributed by atoms with Crippen molar-refractivity contribution in [2.24, 2.45) is 11.8 Å². The molecular weight excluding hydrogens is 396 g/mol. The number of ketones is 1. The summed E-state index contributed by atoms with van der Waals surface area (Å²) >= 11 is 1.39. The largest absolute Gasteiger partial charge is 0.352 e. The molecule has 0 unspecified atom stereocenters. The lowest BCUT2D eigenvalue weighted by molar-refractivity contribution is -0.142. The molecule has 2 aromatic rings. The van der Waals surface area contributed by atoms with Crippen LogP contribution in [-0.4, -0.2) is 40.6 Å². The van der Waals surface area contributed by atoms with Crippen molar-refractivity contribution in [1.29, 1.82) is 0 Å². The maximum atomic E-state index is 13.7. The summed E-state index contributed by atoms with van der Waals surface area (Å²) in [5, 5.41) is 1.87. The van der Waals surface area contributed by atoms with Crippen LogP contribution in [0.15, 0.2) is 47.9 Å². The second kappa shape index (κ2) is 6.91. The molecule has 2 saturated heterocycles. The fourth-order valence-electron chi connectivity index (χ4n) is 5.30. The number of benzene rings is 1. The molecule has 2 fully saturated rings. The third-order valence-corrected chi connectivity index (χ3v) is 7.74. The summed E-state index contributed by atoms with van der Waals surface area (Å²) < 4.78 is 0. The van der Waals surface area contributed by atoms with Crippen LogP contribution >= 0.6 is 11.3 Å². The van der Waals surface area contributed by atoms with E-state index < -0.39 is 17.9 Å². The topological polar surface area (TPSA) is 57.7 Å². The number of anilines is 1. The number of likely N-dealkylation sites (tertiary alicyclic amines) is 1. The van der Waals surface area contributed by atoms with E-state index in [4.69, 9.17) is 0 Å². The molecule has 0 N–H and O–H groups in total. The molecule has 1 aromatic heterocycles. The van der Waals surface area contributed by atoms with Gasteiger partial charge < -0.3 is 4.90 Å². The number of imide groups is 1. The first-order valence-corrected chi connectivity index (χ1v) is 11.3. The van der Waals surface area contributed by atoms with Gasteiger partial charge in [-0.3, -0.25) is 19.3 Å². The molecule has 154 valence electrons. The number of rotatable bonds is 4. The first-order valence-electron chi connectivity index (χ1n) is 10.5. The van der Waals surface area contributed by atoms with Crippen LogP contribution in [-0.2, 0) is 9.59 Å². The SMILES string of the molecule is CC[C@H](C)N1C(=O)[C@@H]2[C@@H](C1=O)[C@@H]1C=C(C)c3ccccc3N1[C@@H]2C(=O)c1cccs1. The van der Waals surface area contributed by atoms with Gasteiger partial charge in [0, 0.05) is 17.3 Å². The maximum Gasteiger partial charge on any atom is 0.236 e. The van der Waals surface area contributed by atoms with Gasteiger partial charge in [-0.15, -0.1) is 11.3 Å². The van der Waals surface area contributed by atoms with Gasteiger partial charge in [0.2, 0.25) is 11.8 Å². The monoisotopic (exact) mass is 420 g/mol. The van der Waals surface area contributed by atoms with Crippen molar-refractivity contribution in [3.63, 3.8) is 0 Å². The second-order valence-corrected chi connectivity index (χ2v) is 9.35. The molecule has 0 radical (unpaired) electrons. The zero-order valence-corrected chi connectivity index (χ0v) is 18.1. The number of nitrogens with zero attached hydrogens (tertiary/aromatic N) is 2. The lowest BCUT2D eigenvalue weighted by Crippen LogP contribution is -2.50. The number of thiophene rings is 1. The summed E-state index contributed by atoms with van der Waals surface area (Å²) in [4.78, 5) is 44.8. The predicted molar refractivity (Wildman–Crippen MR) is 117 cm³/mol. The van der Waals surface area contributed by atoms with Crippen LogP contribution in [0.25, 0.3) is 5.57 Å². The first-order chi connectivity index (χ1) is 14.5. The second-order valence-electron chi connectivity index (χ2n) is 8.41. The van der Waals surface area contributed by atoms with Crippen LogP contribution in [0.4, 0.5) is 5.69 Å². The molecule has 0 saturated carbocycles. The molecule has 5 rings (SSSR count). The third-order valence-electron chi connectivity index (χ3n) is 6.85. The first kappa shape index (κ1) is 19.2. The van der Waals surface area contributed by atoms with E-state index in [9.17, 15) is 14.4 Å². The van der Waals surface area contributed by atoms with E-state index in [0.29, 0.717) is 11.3 Å². The van der Waals surface area contributed by atoms with E-state index in [1.165, 1.54) is 16.2 Å². The predicted octanol–water partition coefficient (Wildman–Crippen LogP) is 4.00. The van der Waals surface area contributed by atoms with E-state index in [-0.39, 0.29) is 29.7 Å². The molecular formula is C24H24N2O3S. The number of hydrogen-bond donors (Lipinski definition) is 0. The van der Waals surface area contributed by atoms with Crippen LogP contribution in [0.2, 0.25) is 0 Å². The quantitative estimate of drug-likeness (QED) is 0.554. The highest BCUT2D eigenvalue weighted by atomic mass is 32.1. The lowest BCUT2D eigenvalue weighted by atomic mass is 9.86. The number of amides is 2. The Balaban J connectivity index is 1.69. The zero-order valence-electron chi connectivity index (χ0n) is 17.2. The summed E-state index contributed by atoms with van der Waals surface area (Å²) in [5.41, 5.74) is 3.07. The molecule has 0 spiro atoms. The molecule has 4 heterocycles. The standard InChI is InChI=1S/C24H24N2O3S/c1-4-14(3)25-23(28)19-17-12-13(2)15-8-5-6-9-16(15)26(17)21(20(19)24(25)29)22(27)18-10-7-11-30-18/h5-12,14,17,19-21H,4H2,1-3H3/t14-,17-,19-,20+,21-/m0/s1. The Labute approximate surface area is 180 Å². The van der Waals surface area contributed by atoms with E-state index >= 15 is 0 Å². The average molecular weight is 421 g/mol. The van der Waals surface area contributed by atoms with Crippen molar-refractivity contribution < 1.29 is 14.4 Å². The number of carbonyl (C=O) groups excluding carboxylic acids is 3. The number of carbonyl (C=O) groups is 3. The van der Waals surface area contributed by atoms with Crippen molar-refractivity contribution in [3.8, 4) is 0 Å². The van der Waals surface area contributed by atoms with Crippen molar-refractivity contribution >= 4 is 40.2 Å². The van der Waals surface area contributed by atoms with Gasteiger partial charge in [0.1, 0.15) is 6.04 Å². The Morgan fingerprint density at radius 1 is 1.10 bits per heavy atom. The van der Waals surface area contributed by atoms with Crippen molar-refractivity contribution in [2.45, 2.75) is 45.3 Å². The van der Waals surface area contributed by atoms with Gasteiger partial charge in [0.15, 0.2) is 5.78 Å². The minimum absolute atomic E-state index is 0.0718. The molecule has 1 aromatic carbocycles. The fraction of sp³-hybridized carbons (Fsp3) is 0.375. The Hall–Kier alpha value is -2.73. The summed E-state index contributed by atoms with van der Waals surface area (Å²) in [5.74, 6) is -1.59. The number of para-hydroxylation sites is 1. The smallest absolute Gasteiger partial charge is 0.236 e. The molecule has 2 amide bonds. The Morgan fingerprint density at radius 3 is 2.53 bits per heavy atom. The zero-order chi connectivity index (χ0) is 21.2. The van der Waals surface area contributed by atoms with Crippen LogP contribution in [0.3, 0.4) is 0 Å². The third kappa shape index (κ3) is 2.49. The Kier molecular flexibility index (Phi) is 4.43. The summed E-state index contributed by atoms with van der Waals surface area (Å²) in [7, 11) is 0. The highest BCUT2D eigenvalue weighted by Gasteiger charge is 2.64. The van der Waals surface area contributed by atoms with Crippen molar-refractivity contribution in [2.75, 3.05) is 4.90 Å². The Morgan fingerprint density at radius 2 is 1.83 bits per heavy atom. The van der Waals surface area contributed by atoms with E-state index in [1.54, 1.807) is 6.07 Å². The number of Topliss-reactive ketones (excluding diaryl/α,β-unsaturated/α-hetero) is 1. The number of allylic oxidation sites excluding steroid dienone is 1. The molecule has 30 heavy (non-hydrogen) atoms. The fourth-order valence-corrected chi connectivity index (χ4v) is 6.00. The summed E-state index contributed by atoms with van der Waals surface area (Å²) in [6.45, 7) is 5.91. The lowest BCUT2D eigenvalue weighted by Gasteiger charge is -2.38. The van der Waals surface area contributed by atoms with Crippen LogP contribution in [0, 0.1) is 11.8 Å². The molecule has 3 aliphatic heterocycles. The van der Waals surface area contributed by atoms with E-state index in [0.717, 1.165) is 16.8 Å². The number of fused-ring (bicyclic) bond motifs is 5. The van der Waals surface area contributed by atoms with Crippen molar-refractivity contribution in [1.82, 2.24) is 4.90 Å². The average Bonchev–Trinajstić information content (AvgIpc) is 3.44. The highest BCUT2D eigenvalue weighted by molar-refractivity contribution is 7.12. The molecule has 5 atom stereocenters. The summed E-state index contributed by atoms with van der Waals surface area (Å²) in [6, 6.07) is 10.5. The molecule has 6 heteroatoms. The van der Waals surface area contributed by atoms with Gasteiger partial charge >= 0.3 is 0 Å². The van der Waals surface area contributed by atoms with Gasteiger partial charge in [0.05, 0.1) is 22.8 Å². The van der Waals surface area contributed by atoms with E-state index in [2.05, 4.69) is 6.08 Å². The number of hydrogen-bond acceptors (Lipinski definition) is 5. The van der Waals surface area contributed by atoms with Gasteiger partial charge in [-0.1, -0.05) is 37.3 Å². The van der Waals surface area contributed by atoms with Crippen LogP contribution in [0.1, 0.15) is 42.4 Å². The van der Waals surface area contributed by atoms with Gasteiger partial charge in [-0.2, -0.15) is 0 Å². The highest BCUT2D eigenvalue weighted by Crippen LogP contribution is 2.50. The van der Waals surface area contributed by atoms with Gasteiger partial charge in [-0.25, -0.2) is 0 Å². The summed E-state index contributed by atoms with van der Waals surface area (Å²) in [6.07, 6.45) is 2.78.